The zero-order chi connectivity index (χ0) is 19.7. The summed E-state index contributed by atoms with van der Waals surface area (Å²) < 4.78 is 1.44. The molecule has 28 heavy (non-hydrogen) atoms. The summed E-state index contributed by atoms with van der Waals surface area (Å²) in [4.78, 5) is 38.8. The van der Waals surface area contributed by atoms with Crippen molar-refractivity contribution >= 4 is 28.3 Å². The molecule has 4 N–H and O–H groups in total. The highest BCUT2D eigenvalue weighted by Gasteiger charge is 2.14. The number of para-hydroxylation sites is 2. The van der Waals surface area contributed by atoms with E-state index in [4.69, 9.17) is 5.73 Å². The van der Waals surface area contributed by atoms with E-state index in [0.29, 0.717) is 22.1 Å². The minimum absolute atomic E-state index is 0.111. The van der Waals surface area contributed by atoms with Crippen molar-refractivity contribution in [3.05, 3.63) is 88.6 Å². The molecule has 4 aromatic rings. The lowest BCUT2D eigenvalue weighted by molar-refractivity contribution is 0.0992. The predicted octanol–water partition coefficient (Wildman–Crippen LogP) is 2.06. The molecule has 0 bridgehead atoms. The summed E-state index contributed by atoms with van der Waals surface area (Å²) in [7, 11) is 0. The number of nitrogens with zero attached hydrogens (tertiary/aromatic N) is 2. The Morgan fingerprint density at radius 2 is 1.79 bits per heavy atom. The van der Waals surface area contributed by atoms with E-state index in [2.05, 4.69) is 15.4 Å². The number of amides is 2. The van der Waals surface area contributed by atoms with Crippen LogP contribution in [0.3, 0.4) is 0 Å². The fourth-order valence-corrected chi connectivity index (χ4v) is 2.89. The SMILES string of the molecule is NC(=O)c1ccn(-c2ccccc2NC(=O)c2cc3ccccc3c(=O)[nH]2)n1. The molecule has 2 aromatic heterocycles. The number of H-pyrrole nitrogens is 1. The highest BCUT2D eigenvalue weighted by Crippen LogP contribution is 2.20. The first-order valence-electron chi connectivity index (χ1n) is 8.41. The van der Waals surface area contributed by atoms with Crippen LogP contribution in [0.2, 0.25) is 0 Å². The summed E-state index contributed by atoms with van der Waals surface area (Å²) in [5, 5.41) is 8.06. The number of nitrogens with one attached hydrogen (secondary N) is 2. The second kappa shape index (κ2) is 6.84. The van der Waals surface area contributed by atoms with Gasteiger partial charge >= 0.3 is 0 Å². The number of pyridine rings is 1. The van der Waals surface area contributed by atoms with Gasteiger partial charge in [0.05, 0.1) is 11.4 Å². The van der Waals surface area contributed by atoms with Gasteiger partial charge in [-0.2, -0.15) is 5.10 Å². The van der Waals surface area contributed by atoms with E-state index in [1.54, 1.807) is 60.8 Å². The molecule has 2 heterocycles. The molecule has 8 nitrogen and oxygen atoms in total. The van der Waals surface area contributed by atoms with E-state index < -0.39 is 11.8 Å². The van der Waals surface area contributed by atoms with Crippen LogP contribution in [0.25, 0.3) is 16.5 Å². The molecule has 0 spiro atoms. The molecule has 0 aliphatic heterocycles. The van der Waals surface area contributed by atoms with Crippen LogP contribution < -0.4 is 16.6 Å². The van der Waals surface area contributed by atoms with Gasteiger partial charge in [0.25, 0.3) is 17.4 Å². The predicted molar refractivity (Wildman–Crippen MR) is 105 cm³/mol. The maximum Gasteiger partial charge on any atom is 0.272 e. The average molecular weight is 373 g/mol. The van der Waals surface area contributed by atoms with Gasteiger partial charge in [0.2, 0.25) is 0 Å². The molecule has 8 heteroatoms. The molecule has 4 rings (SSSR count). The zero-order valence-electron chi connectivity index (χ0n) is 14.5. The Labute approximate surface area is 158 Å². The number of benzene rings is 2. The zero-order valence-corrected chi connectivity index (χ0v) is 14.5. The minimum atomic E-state index is -0.644. The summed E-state index contributed by atoms with van der Waals surface area (Å²) in [5.74, 6) is -1.12. The second-order valence-corrected chi connectivity index (χ2v) is 6.08. The molecule has 2 amide bonds. The Balaban J connectivity index is 1.69. The standard InChI is InChI=1S/C20H15N5O3/c21-18(26)15-9-10-25(24-15)17-8-4-3-7-14(17)22-20(28)16-11-12-5-1-2-6-13(12)19(27)23-16/h1-11H,(H2,21,26)(H,22,28)(H,23,27). The van der Waals surface area contributed by atoms with Crippen molar-refractivity contribution in [2.45, 2.75) is 0 Å². The van der Waals surface area contributed by atoms with E-state index in [1.165, 1.54) is 10.7 Å². The summed E-state index contributed by atoms with van der Waals surface area (Å²) in [6.45, 7) is 0. The summed E-state index contributed by atoms with van der Waals surface area (Å²) in [6.07, 6.45) is 1.57. The molecule has 138 valence electrons. The number of aromatic amines is 1. The van der Waals surface area contributed by atoms with E-state index >= 15 is 0 Å². The molecule has 0 aliphatic rings. The van der Waals surface area contributed by atoms with Crippen molar-refractivity contribution in [2.24, 2.45) is 5.73 Å². The van der Waals surface area contributed by atoms with Gasteiger partial charge in [-0.15, -0.1) is 0 Å². The molecule has 0 radical (unpaired) electrons. The van der Waals surface area contributed by atoms with Gasteiger partial charge in [-0.05, 0) is 35.7 Å². The van der Waals surface area contributed by atoms with E-state index in [-0.39, 0.29) is 16.9 Å². The Bertz CT molecular complexity index is 1270. The maximum absolute atomic E-state index is 12.7. The van der Waals surface area contributed by atoms with Gasteiger partial charge in [0.15, 0.2) is 0 Å². The van der Waals surface area contributed by atoms with Crippen LogP contribution in [0.1, 0.15) is 21.0 Å². The third-order valence-corrected chi connectivity index (χ3v) is 4.24. The molecule has 0 aliphatic carbocycles. The molecular formula is C20H15N5O3. The van der Waals surface area contributed by atoms with Crippen LogP contribution in [0.5, 0.6) is 0 Å². The van der Waals surface area contributed by atoms with Crippen LogP contribution in [0.15, 0.2) is 71.7 Å². The third kappa shape index (κ3) is 3.14. The van der Waals surface area contributed by atoms with Crippen molar-refractivity contribution < 1.29 is 9.59 Å². The van der Waals surface area contributed by atoms with Gasteiger partial charge in [0.1, 0.15) is 11.4 Å². The molecule has 0 saturated carbocycles. The number of carbonyl (C=O) groups excluding carboxylic acids is 2. The first-order valence-corrected chi connectivity index (χ1v) is 8.41. The first kappa shape index (κ1) is 17.2. The molecular weight excluding hydrogens is 358 g/mol. The number of rotatable bonds is 4. The van der Waals surface area contributed by atoms with Crippen LogP contribution in [-0.4, -0.2) is 26.6 Å². The fourth-order valence-electron chi connectivity index (χ4n) is 2.89. The molecule has 0 unspecified atom stereocenters. The van der Waals surface area contributed by atoms with E-state index in [0.717, 1.165) is 0 Å². The van der Waals surface area contributed by atoms with Gasteiger partial charge < -0.3 is 16.0 Å². The quantitative estimate of drug-likeness (QED) is 0.507. The number of anilines is 1. The van der Waals surface area contributed by atoms with Crippen LogP contribution >= 0.6 is 0 Å². The topological polar surface area (TPSA) is 123 Å². The van der Waals surface area contributed by atoms with Crippen molar-refractivity contribution in [2.75, 3.05) is 5.32 Å². The minimum Gasteiger partial charge on any atom is -0.364 e. The second-order valence-electron chi connectivity index (χ2n) is 6.08. The molecule has 0 saturated heterocycles. The molecule has 0 fully saturated rings. The van der Waals surface area contributed by atoms with Gasteiger partial charge in [-0.1, -0.05) is 30.3 Å². The Hall–Kier alpha value is -4.20. The van der Waals surface area contributed by atoms with Crippen molar-refractivity contribution in [3.8, 4) is 5.69 Å². The lowest BCUT2D eigenvalue weighted by Gasteiger charge is -2.11. The monoisotopic (exact) mass is 373 g/mol. The molecule has 0 atom stereocenters. The number of hydrogen-bond acceptors (Lipinski definition) is 4. The van der Waals surface area contributed by atoms with Gasteiger partial charge in [-0.25, -0.2) is 4.68 Å². The largest absolute Gasteiger partial charge is 0.364 e. The molecule has 2 aromatic carbocycles. The van der Waals surface area contributed by atoms with Gasteiger partial charge in [-0.3, -0.25) is 14.4 Å². The Morgan fingerprint density at radius 1 is 1.04 bits per heavy atom. The lowest BCUT2D eigenvalue weighted by Crippen LogP contribution is -2.20. The first-order chi connectivity index (χ1) is 13.5. The number of hydrogen-bond donors (Lipinski definition) is 3. The summed E-state index contributed by atoms with van der Waals surface area (Å²) in [5.41, 5.74) is 6.16. The lowest BCUT2D eigenvalue weighted by atomic mass is 10.1. The van der Waals surface area contributed by atoms with Gasteiger partial charge in [0, 0.05) is 11.6 Å². The van der Waals surface area contributed by atoms with E-state index in [9.17, 15) is 14.4 Å². The number of carbonyl (C=O) groups is 2. The number of fused-ring (bicyclic) bond motifs is 1. The summed E-state index contributed by atoms with van der Waals surface area (Å²) in [6, 6.07) is 17.1. The van der Waals surface area contributed by atoms with Crippen molar-refractivity contribution in [1.82, 2.24) is 14.8 Å². The number of aromatic nitrogens is 3. The highest BCUT2D eigenvalue weighted by molar-refractivity contribution is 6.05. The van der Waals surface area contributed by atoms with Crippen LogP contribution in [0.4, 0.5) is 5.69 Å². The Morgan fingerprint density at radius 3 is 2.57 bits per heavy atom. The van der Waals surface area contributed by atoms with Crippen molar-refractivity contribution in [3.63, 3.8) is 0 Å². The fraction of sp³-hybridized carbons (Fsp3) is 0. The number of nitrogens with two attached hydrogens (primary N) is 1. The highest BCUT2D eigenvalue weighted by atomic mass is 16.2. The normalized spacial score (nSPS) is 10.7. The third-order valence-electron chi connectivity index (χ3n) is 4.24. The number of primary amides is 1. The van der Waals surface area contributed by atoms with Crippen molar-refractivity contribution in [1.29, 1.82) is 0 Å². The van der Waals surface area contributed by atoms with Crippen LogP contribution in [-0.2, 0) is 0 Å². The van der Waals surface area contributed by atoms with Crippen LogP contribution in [0, 0.1) is 0 Å². The summed E-state index contributed by atoms with van der Waals surface area (Å²) >= 11 is 0. The van der Waals surface area contributed by atoms with E-state index in [1.807, 2.05) is 0 Å². The smallest absolute Gasteiger partial charge is 0.272 e. The average Bonchev–Trinajstić information content (AvgIpc) is 3.19. The Kier molecular flexibility index (Phi) is 4.21. The maximum atomic E-state index is 12.7.